The van der Waals surface area contributed by atoms with Crippen molar-refractivity contribution < 1.29 is 4.79 Å². The van der Waals surface area contributed by atoms with Crippen LogP contribution in [0.25, 0.3) is 10.9 Å². The molecular formula is C11H9N2O. The first-order valence-electron chi connectivity index (χ1n) is 4.26. The van der Waals surface area contributed by atoms with Crippen molar-refractivity contribution in [3.8, 4) is 0 Å². The summed E-state index contributed by atoms with van der Waals surface area (Å²) >= 11 is 0. The average Bonchev–Trinajstić information content (AvgIpc) is 2.16. The van der Waals surface area contributed by atoms with Crippen LogP contribution >= 0.6 is 0 Å². The Hall–Kier alpha value is -1.90. The third-order valence-corrected chi connectivity index (χ3v) is 2.10. The molecule has 2 N–H and O–H groups in total. The number of amides is 1. The molecule has 1 heterocycles. The Balaban J connectivity index is 2.77. The van der Waals surface area contributed by atoms with Gasteiger partial charge in [-0.15, -0.1) is 0 Å². The number of nitrogens with zero attached hydrogens (tertiary/aromatic N) is 1. The Labute approximate surface area is 81.6 Å². The van der Waals surface area contributed by atoms with E-state index in [0.29, 0.717) is 11.3 Å². The molecule has 0 aliphatic carbocycles. The SMILES string of the molecule is Cc1nc2ccc[c]c2cc1C(N)=O. The van der Waals surface area contributed by atoms with Gasteiger partial charge in [0.2, 0.25) is 0 Å². The lowest BCUT2D eigenvalue weighted by molar-refractivity contribution is 0.0999. The average molecular weight is 185 g/mol. The second-order valence-corrected chi connectivity index (χ2v) is 3.09. The Morgan fingerprint density at radius 2 is 2.36 bits per heavy atom. The fourth-order valence-corrected chi connectivity index (χ4v) is 1.39. The topological polar surface area (TPSA) is 56.0 Å². The zero-order chi connectivity index (χ0) is 10.1. The number of aromatic nitrogens is 1. The lowest BCUT2D eigenvalue weighted by Gasteiger charge is -2.02. The van der Waals surface area contributed by atoms with Crippen molar-refractivity contribution in [2.45, 2.75) is 6.92 Å². The third kappa shape index (κ3) is 1.33. The molecule has 0 spiro atoms. The second-order valence-electron chi connectivity index (χ2n) is 3.09. The van der Waals surface area contributed by atoms with Crippen molar-refractivity contribution in [3.05, 3.63) is 41.6 Å². The van der Waals surface area contributed by atoms with Crippen LogP contribution in [0.5, 0.6) is 0 Å². The van der Waals surface area contributed by atoms with Gasteiger partial charge in [-0.3, -0.25) is 9.78 Å². The molecule has 0 atom stereocenters. The number of benzene rings is 1. The Bertz CT molecular complexity index is 506. The van der Waals surface area contributed by atoms with Crippen LogP contribution in [-0.4, -0.2) is 10.9 Å². The lowest BCUT2D eigenvalue weighted by atomic mass is 10.1. The summed E-state index contributed by atoms with van der Waals surface area (Å²) < 4.78 is 0. The van der Waals surface area contributed by atoms with Crippen LogP contribution in [-0.2, 0) is 0 Å². The van der Waals surface area contributed by atoms with Gasteiger partial charge in [-0.25, -0.2) is 0 Å². The summed E-state index contributed by atoms with van der Waals surface area (Å²) in [4.78, 5) is 15.3. The molecule has 3 nitrogen and oxygen atoms in total. The maximum atomic E-state index is 11.0. The molecular weight excluding hydrogens is 176 g/mol. The summed E-state index contributed by atoms with van der Waals surface area (Å²) in [5.74, 6) is -0.450. The van der Waals surface area contributed by atoms with E-state index >= 15 is 0 Å². The van der Waals surface area contributed by atoms with Gasteiger partial charge < -0.3 is 5.73 Å². The number of carbonyl (C=O) groups excluding carboxylic acids is 1. The number of primary amides is 1. The minimum atomic E-state index is -0.450. The van der Waals surface area contributed by atoms with Gasteiger partial charge in [-0.2, -0.15) is 0 Å². The number of aryl methyl sites for hydroxylation is 1. The third-order valence-electron chi connectivity index (χ3n) is 2.10. The molecule has 0 aliphatic rings. The molecule has 1 amide bonds. The fraction of sp³-hybridized carbons (Fsp3) is 0.0909. The van der Waals surface area contributed by atoms with Gasteiger partial charge >= 0.3 is 0 Å². The molecule has 14 heavy (non-hydrogen) atoms. The zero-order valence-corrected chi connectivity index (χ0v) is 7.74. The molecule has 2 aromatic rings. The van der Waals surface area contributed by atoms with Gasteiger partial charge in [0.05, 0.1) is 16.8 Å². The van der Waals surface area contributed by atoms with E-state index in [4.69, 9.17) is 5.73 Å². The number of hydrogen-bond donors (Lipinski definition) is 1. The molecule has 1 aromatic heterocycles. The normalized spacial score (nSPS) is 10.4. The van der Waals surface area contributed by atoms with Gasteiger partial charge in [0, 0.05) is 5.39 Å². The molecule has 0 fully saturated rings. The monoisotopic (exact) mass is 185 g/mol. The lowest BCUT2D eigenvalue weighted by Crippen LogP contribution is -2.13. The van der Waals surface area contributed by atoms with Crippen molar-refractivity contribution in [2.24, 2.45) is 5.73 Å². The predicted octanol–water partition coefficient (Wildman–Crippen LogP) is 1.44. The Morgan fingerprint density at radius 3 is 3.07 bits per heavy atom. The van der Waals surface area contributed by atoms with E-state index in [1.54, 1.807) is 19.1 Å². The number of nitrogens with two attached hydrogens (primary N) is 1. The van der Waals surface area contributed by atoms with Crippen molar-refractivity contribution in [3.63, 3.8) is 0 Å². The highest BCUT2D eigenvalue weighted by Crippen LogP contribution is 2.14. The van der Waals surface area contributed by atoms with E-state index in [0.717, 1.165) is 10.9 Å². The van der Waals surface area contributed by atoms with Crippen molar-refractivity contribution in [1.82, 2.24) is 4.98 Å². The van der Waals surface area contributed by atoms with Crippen LogP contribution in [0, 0.1) is 13.0 Å². The number of hydrogen-bond acceptors (Lipinski definition) is 2. The van der Waals surface area contributed by atoms with Gasteiger partial charge in [0.15, 0.2) is 0 Å². The van der Waals surface area contributed by atoms with E-state index in [-0.39, 0.29) is 0 Å². The first-order valence-corrected chi connectivity index (χ1v) is 4.26. The standard InChI is InChI=1S/C11H9N2O/c1-7-9(11(12)14)6-8-4-2-3-5-10(8)13-7/h2-3,5-6H,1H3,(H2,12,14). The molecule has 0 bridgehead atoms. The largest absolute Gasteiger partial charge is 0.366 e. The van der Waals surface area contributed by atoms with Gasteiger partial charge in [0.25, 0.3) is 5.91 Å². The van der Waals surface area contributed by atoms with E-state index in [9.17, 15) is 4.79 Å². The summed E-state index contributed by atoms with van der Waals surface area (Å²) in [7, 11) is 0. The van der Waals surface area contributed by atoms with Crippen molar-refractivity contribution in [2.75, 3.05) is 0 Å². The Kier molecular flexibility index (Phi) is 1.93. The van der Waals surface area contributed by atoms with E-state index in [1.807, 2.05) is 12.1 Å². The summed E-state index contributed by atoms with van der Waals surface area (Å²) in [5.41, 5.74) is 7.16. The maximum Gasteiger partial charge on any atom is 0.250 e. The summed E-state index contributed by atoms with van der Waals surface area (Å²) in [6.07, 6.45) is 0. The van der Waals surface area contributed by atoms with Crippen LogP contribution in [0.15, 0.2) is 24.3 Å². The van der Waals surface area contributed by atoms with Crippen LogP contribution in [0.1, 0.15) is 16.1 Å². The fourth-order valence-electron chi connectivity index (χ4n) is 1.39. The maximum absolute atomic E-state index is 11.0. The summed E-state index contributed by atoms with van der Waals surface area (Å²) in [6.45, 7) is 1.77. The van der Waals surface area contributed by atoms with Gasteiger partial charge in [-0.05, 0) is 25.1 Å². The quantitative estimate of drug-likeness (QED) is 0.730. The van der Waals surface area contributed by atoms with Crippen LogP contribution < -0.4 is 5.73 Å². The zero-order valence-electron chi connectivity index (χ0n) is 7.74. The second kappa shape index (κ2) is 3.10. The van der Waals surface area contributed by atoms with Crippen LogP contribution in [0.4, 0.5) is 0 Å². The highest BCUT2D eigenvalue weighted by atomic mass is 16.1. The van der Waals surface area contributed by atoms with Crippen LogP contribution in [0.3, 0.4) is 0 Å². The molecule has 0 saturated carbocycles. The van der Waals surface area contributed by atoms with Crippen molar-refractivity contribution >= 4 is 16.8 Å². The molecule has 3 heteroatoms. The first-order chi connectivity index (χ1) is 6.68. The molecule has 0 saturated heterocycles. The van der Waals surface area contributed by atoms with E-state index < -0.39 is 5.91 Å². The van der Waals surface area contributed by atoms with Crippen molar-refractivity contribution in [1.29, 1.82) is 0 Å². The molecule has 2 rings (SSSR count). The smallest absolute Gasteiger partial charge is 0.250 e. The molecule has 1 aromatic carbocycles. The molecule has 69 valence electrons. The van der Waals surface area contributed by atoms with E-state index in [1.165, 1.54) is 0 Å². The first kappa shape index (κ1) is 8.69. The van der Waals surface area contributed by atoms with E-state index in [2.05, 4.69) is 11.1 Å². The minimum absolute atomic E-state index is 0.450. The number of rotatable bonds is 1. The van der Waals surface area contributed by atoms with Gasteiger partial charge in [0.1, 0.15) is 0 Å². The van der Waals surface area contributed by atoms with Gasteiger partial charge in [-0.1, -0.05) is 12.1 Å². The molecule has 1 radical (unpaired) electrons. The number of pyridine rings is 1. The molecule has 0 aliphatic heterocycles. The Morgan fingerprint density at radius 1 is 1.57 bits per heavy atom. The highest BCUT2D eigenvalue weighted by molar-refractivity contribution is 5.97. The summed E-state index contributed by atoms with van der Waals surface area (Å²) in [6, 6.07) is 10.2. The predicted molar refractivity (Wildman–Crippen MR) is 53.8 cm³/mol. The van der Waals surface area contributed by atoms with Crippen LogP contribution in [0.2, 0.25) is 0 Å². The minimum Gasteiger partial charge on any atom is -0.366 e. The summed E-state index contributed by atoms with van der Waals surface area (Å²) in [5, 5.41) is 0.812. The highest BCUT2D eigenvalue weighted by Gasteiger charge is 2.07. The number of carbonyl (C=O) groups is 1. The molecule has 0 unspecified atom stereocenters. The number of fused-ring (bicyclic) bond motifs is 1.